The minimum Gasteiger partial charge on any atom is -0.180 e. The first-order valence-electron chi connectivity index (χ1n) is 6.09. The monoisotopic (exact) mass is 240 g/mol. The minimum absolute atomic E-state index is 0.338. The lowest BCUT2D eigenvalue weighted by Gasteiger charge is -2.58. The van der Waals surface area contributed by atoms with Gasteiger partial charge in [-0.1, -0.05) is 36.4 Å². The van der Waals surface area contributed by atoms with Crippen molar-refractivity contribution in [3.63, 3.8) is 0 Å². The van der Waals surface area contributed by atoms with Gasteiger partial charge in [-0.2, -0.15) is 10.0 Å². The van der Waals surface area contributed by atoms with Crippen LogP contribution in [0.15, 0.2) is 52.3 Å². The third-order valence-electron chi connectivity index (χ3n) is 4.71. The summed E-state index contributed by atoms with van der Waals surface area (Å²) in [5.41, 5.74) is 4.55. The van der Waals surface area contributed by atoms with Gasteiger partial charge in [-0.05, 0) is 42.9 Å². The fraction of sp³-hybridized carbons (Fsp3) is 0.250. The second kappa shape index (κ2) is 2.62. The summed E-state index contributed by atoms with van der Waals surface area (Å²) in [4.78, 5) is 3.25. The molecular formula is C16H16S. The third-order valence-corrected chi connectivity index (χ3v) is 9.46. The fourth-order valence-corrected chi connectivity index (χ4v) is 7.61. The van der Waals surface area contributed by atoms with Crippen LogP contribution in [0.5, 0.6) is 0 Å². The summed E-state index contributed by atoms with van der Waals surface area (Å²) in [5, 5.41) is 0. The quantitative estimate of drug-likeness (QED) is 0.622. The highest BCUT2D eigenvalue weighted by Crippen LogP contribution is 2.86. The van der Waals surface area contributed by atoms with Gasteiger partial charge in [-0.25, -0.2) is 0 Å². The van der Waals surface area contributed by atoms with Crippen molar-refractivity contribution in [2.75, 3.05) is 6.26 Å². The highest BCUT2D eigenvalue weighted by Gasteiger charge is 2.56. The van der Waals surface area contributed by atoms with Crippen molar-refractivity contribution in [1.82, 2.24) is 0 Å². The number of hydrogen-bond donors (Lipinski definition) is 0. The van der Waals surface area contributed by atoms with E-state index in [2.05, 4.69) is 62.6 Å². The number of fused-ring (bicyclic) bond motifs is 3. The van der Waals surface area contributed by atoms with Crippen LogP contribution in [0.2, 0.25) is 0 Å². The molecule has 0 saturated carbocycles. The average molecular weight is 240 g/mol. The Morgan fingerprint density at radius 1 is 0.882 bits per heavy atom. The maximum atomic E-state index is 2.49. The lowest BCUT2D eigenvalue weighted by molar-refractivity contribution is 0.705. The van der Waals surface area contributed by atoms with E-state index in [9.17, 15) is 0 Å². The summed E-state index contributed by atoms with van der Waals surface area (Å²) in [6, 6.07) is 15.8. The van der Waals surface area contributed by atoms with Crippen molar-refractivity contribution in [1.29, 1.82) is 0 Å². The molecule has 0 aromatic heterocycles. The van der Waals surface area contributed by atoms with Crippen LogP contribution in [0.4, 0.5) is 0 Å². The maximum absolute atomic E-state index is 2.49. The molecule has 2 aliphatic heterocycles. The standard InChI is InChI=1S/C16H16S/c1-16(2)13-9-6-8-12-11-7-4-5-10-14(11)17(16,3)15(12)13/h4-10H,1-3H3. The average Bonchev–Trinajstić information content (AvgIpc) is 2.62. The predicted molar refractivity (Wildman–Crippen MR) is 75.0 cm³/mol. The molecule has 0 bridgehead atoms. The summed E-state index contributed by atoms with van der Waals surface area (Å²) in [5.74, 6) is 0. The van der Waals surface area contributed by atoms with Gasteiger partial charge in [0.25, 0.3) is 0 Å². The zero-order valence-electron chi connectivity index (χ0n) is 10.4. The van der Waals surface area contributed by atoms with Gasteiger partial charge in [-0.15, -0.1) is 0 Å². The van der Waals surface area contributed by atoms with Crippen molar-refractivity contribution >= 4 is 10.0 Å². The first-order valence-corrected chi connectivity index (χ1v) is 8.13. The Balaban J connectivity index is 2.21. The third kappa shape index (κ3) is 0.806. The number of rotatable bonds is 0. The van der Waals surface area contributed by atoms with Crippen molar-refractivity contribution in [3.8, 4) is 11.1 Å². The Hall–Kier alpha value is -1.21. The topological polar surface area (TPSA) is 0 Å². The Morgan fingerprint density at radius 2 is 1.59 bits per heavy atom. The summed E-state index contributed by atoms with van der Waals surface area (Å²) >= 11 is 0. The second-order valence-electron chi connectivity index (χ2n) is 5.61. The summed E-state index contributed by atoms with van der Waals surface area (Å²) in [6.45, 7) is 4.83. The van der Waals surface area contributed by atoms with E-state index in [-0.39, 0.29) is 0 Å². The second-order valence-corrected chi connectivity index (χ2v) is 9.31. The van der Waals surface area contributed by atoms with E-state index in [0.717, 1.165) is 0 Å². The normalized spacial score (nSPS) is 29.8. The molecule has 2 aliphatic rings. The van der Waals surface area contributed by atoms with Crippen LogP contribution in [-0.2, 0) is 4.75 Å². The van der Waals surface area contributed by atoms with Crippen molar-refractivity contribution in [2.45, 2.75) is 28.4 Å². The first-order chi connectivity index (χ1) is 8.08. The first kappa shape index (κ1) is 9.78. The molecule has 0 aliphatic carbocycles. The van der Waals surface area contributed by atoms with E-state index in [1.165, 1.54) is 11.1 Å². The largest absolute Gasteiger partial charge is 0.180 e. The molecule has 0 saturated heterocycles. The maximum Gasteiger partial charge on any atom is 0.0281 e. The molecule has 17 heavy (non-hydrogen) atoms. The lowest BCUT2D eigenvalue weighted by Crippen LogP contribution is -2.35. The number of benzene rings is 2. The van der Waals surface area contributed by atoms with E-state index < -0.39 is 10.0 Å². The Bertz CT molecular complexity index is 654. The molecule has 0 spiro atoms. The predicted octanol–water partition coefficient (Wildman–Crippen LogP) is 4.77. The van der Waals surface area contributed by atoms with Crippen LogP contribution in [0.1, 0.15) is 19.4 Å². The van der Waals surface area contributed by atoms with Crippen LogP contribution in [0.25, 0.3) is 11.1 Å². The molecule has 2 aromatic rings. The van der Waals surface area contributed by atoms with Gasteiger partial charge < -0.3 is 0 Å². The smallest absolute Gasteiger partial charge is 0.0281 e. The van der Waals surface area contributed by atoms with E-state index >= 15 is 0 Å². The zero-order valence-corrected chi connectivity index (χ0v) is 11.3. The highest BCUT2D eigenvalue weighted by atomic mass is 32.3. The molecule has 4 rings (SSSR count). The number of hydrogen-bond acceptors (Lipinski definition) is 0. The van der Waals surface area contributed by atoms with Crippen molar-refractivity contribution in [3.05, 3.63) is 48.0 Å². The van der Waals surface area contributed by atoms with E-state index in [4.69, 9.17) is 0 Å². The van der Waals surface area contributed by atoms with Crippen LogP contribution in [0.3, 0.4) is 0 Å². The molecule has 0 fully saturated rings. The molecule has 1 heteroatoms. The molecule has 2 aromatic carbocycles. The summed E-state index contributed by atoms with van der Waals surface area (Å²) in [7, 11) is -0.781. The molecule has 2 heterocycles. The van der Waals surface area contributed by atoms with Crippen LogP contribution in [0, 0.1) is 0 Å². The summed E-state index contributed by atoms with van der Waals surface area (Å²) < 4.78 is 0.338. The molecule has 0 N–H and O–H groups in total. The molecule has 1 atom stereocenters. The molecule has 86 valence electrons. The van der Waals surface area contributed by atoms with Crippen LogP contribution < -0.4 is 0 Å². The van der Waals surface area contributed by atoms with Gasteiger partial charge in [0, 0.05) is 14.5 Å². The van der Waals surface area contributed by atoms with E-state index in [0.29, 0.717) is 4.75 Å². The van der Waals surface area contributed by atoms with Gasteiger partial charge in [0.1, 0.15) is 0 Å². The van der Waals surface area contributed by atoms with Gasteiger partial charge in [0.05, 0.1) is 0 Å². The summed E-state index contributed by atoms with van der Waals surface area (Å²) in [6.07, 6.45) is 2.49. The van der Waals surface area contributed by atoms with Gasteiger partial charge >= 0.3 is 0 Å². The Labute approximate surface area is 104 Å². The highest BCUT2D eigenvalue weighted by molar-refractivity contribution is 8.35. The molecule has 0 amide bonds. The minimum atomic E-state index is -0.781. The van der Waals surface area contributed by atoms with Gasteiger partial charge in [0.2, 0.25) is 0 Å². The van der Waals surface area contributed by atoms with E-state index in [1.54, 1.807) is 15.4 Å². The fourth-order valence-electron chi connectivity index (χ4n) is 3.52. The van der Waals surface area contributed by atoms with Crippen LogP contribution in [-0.4, -0.2) is 6.26 Å². The Kier molecular flexibility index (Phi) is 1.51. The SMILES string of the molecule is CC1(C)c2cccc3c2S1(C)c1ccccc1-3. The zero-order chi connectivity index (χ0) is 11.8. The van der Waals surface area contributed by atoms with Crippen molar-refractivity contribution in [2.24, 2.45) is 0 Å². The molecule has 0 radical (unpaired) electrons. The van der Waals surface area contributed by atoms with Crippen LogP contribution >= 0.6 is 10.0 Å². The molecule has 0 nitrogen and oxygen atoms in total. The van der Waals surface area contributed by atoms with Gasteiger partial charge in [-0.3, -0.25) is 0 Å². The molecular weight excluding hydrogens is 224 g/mol. The van der Waals surface area contributed by atoms with Crippen molar-refractivity contribution < 1.29 is 0 Å². The molecule has 1 unspecified atom stereocenters. The Morgan fingerprint density at radius 3 is 2.41 bits per heavy atom. The van der Waals surface area contributed by atoms with Gasteiger partial charge in [0.15, 0.2) is 0 Å². The lowest BCUT2D eigenvalue weighted by atomic mass is 9.96. The van der Waals surface area contributed by atoms with E-state index in [1.807, 2.05) is 0 Å².